The minimum atomic E-state index is 0.746. The van der Waals surface area contributed by atoms with E-state index in [0.717, 1.165) is 45.1 Å². The van der Waals surface area contributed by atoms with Gasteiger partial charge in [-0.25, -0.2) is 0 Å². The first-order chi connectivity index (χ1) is 12.6. The Morgan fingerprint density at radius 1 is 1.27 bits per heavy atom. The van der Waals surface area contributed by atoms with Crippen LogP contribution >= 0.6 is 0 Å². The molecule has 0 saturated heterocycles. The Labute approximate surface area is 157 Å². The Kier molecular flexibility index (Phi) is 7.99. The molecule has 0 atom stereocenters. The van der Waals surface area contributed by atoms with Crippen LogP contribution in [-0.2, 0) is 13.5 Å². The molecule has 0 amide bonds. The summed E-state index contributed by atoms with van der Waals surface area (Å²) < 4.78 is 1.83. The third-order valence-corrected chi connectivity index (χ3v) is 4.20. The van der Waals surface area contributed by atoms with E-state index in [0.29, 0.717) is 0 Å². The van der Waals surface area contributed by atoms with Gasteiger partial charge >= 0.3 is 0 Å². The van der Waals surface area contributed by atoms with E-state index in [2.05, 4.69) is 70.7 Å². The van der Waals surface area contributed by atoms with Crippen LogP contribution in [0.2, 0.25) is 0 Å². The Morgan fingerprint density at radius 3 is 2.77 bits per heavy atom. The second kappa shape index (κ2) is 10.5. The van der Waals surface area contributed by atoms with Gasteiger partial charge in [0.25, 0.3) is 0 Å². The number of anilines is 1. The van der Waals surface area contributed by atoms with Gasteiger partial charge in [-0.3, -0.25) is 9.67 Å². The zero-order valence-corrected chi connectivity index (χ0v) is 16.5. The normalized spacial score (nSPS) is 11.5. The lowest BCUT2D eigenvalue weighted by molar-refractivity contribution is 0.750. The maximum absolute atomic E-state index is 4.67. The molecular weight excluding hydrogens is 324 g/mol. The van der Waals surface area contributed by atoms with Crippen molar-refractivity contribution in [3.05, 3.63) is 47.8 Å². The van der Waals surface area contributed by atoms with E-state index in [1.165, 1.54) is 16.8 Å². The van der Waals surface area contributed by atoms with Crippen LogP contribution in [0.3, 0.4) is 0 Å². The molecule has 0 radical (unpaired) electrons. The number of aromatic nitrogens is 2. The number of benzene rings is 1. The zero-order chi connectivity index (χ0) is 18.8. The number of hydrogen-bond acceptors (Lipinski definition) is 3. The number of aryl methyl sites for hydroxylation is 2. The van der Waals surface area contributed by atoms with Gasteiger partial charge in [-0.2, -0.15) is 5.10 Å². The molecule has 0 bridgehead atoms. The number of nitrogens with one attached hydrogen (secondary N) is 2. The number of rotatable bonds is 9. The third kappa shape index (κ3) is 6.43. The minimum absolute atomic E-state index is 0.746. The summed E-state index contributed by atoms with van der Waals surface area (Å²) in [6.07, 6.45) is 4.84. The summed E-state index contributed by atoms with van der Waals surface area (Å²) in [7, 11) is 1.94. The van der Waals surface area contributed by atoms with E-state index >= 15 is 0 Å². The summed E-state index contributed by atoms with van der Waals surface area (Å²) in [6, 6.07) is 8.65. The molecule has 2 rings (SSSR count). The van der Waals surface area contributed by atoms with E-state index in [9.17, 15) is 0 Å². The topological polar surface area (TPSA) is 57.5 Å². The van der Waals surface area contributed by atoms with Crippen LogP contribution in [0, 0.1) is 6.92 Å². The van der Waals surface area contributed by atoms with Gasteiger partial charge in [0.05, 0.1) is 6.20 Å². The van der Waals surface area contributed by atoms with Crippen LogP contribution in [-0.4, -0.2) is 48.5 Å². The fourth-order valence-corrected chi connectivity index (χ4v) is 2.84. The maximum atomic E-state index is 4.67. The lowest BCUT2D eigenvalue weighted by Crippen LogP contribution is -2.41. The highest BCUT2D eigenvalue weighted by molar-refractivity contribution is 5.79. The highest BCUT2D eigenvalue weighted by Crippen LogP contribution is 2.14. The van der Waals surface area contributed by atoms with E-state index in [-0.39, 0.29) is 0 Å². The van der Waals surface area contributed by atoms with Crippen molar-refractivity contribution in [3.8, 4) is 0 Å². The summed E-state index contributed by atoms with van der Waals surface area (Å²) in [6.45, 7) is 10.8. The molecule has 0 aliphatic carbocycles. The Hall–Kier alpha value is -2.50. The first-order valence-electron chi connectivity index (χ1n) is 9.43. The standard InChI is InChI=1S/C20H32N6/c1-5-21-20(22-11-10-18-15-24-25(4)16-18)23-12-13-26(6-2)19-9-7-8-17(3)14-19/h7-9,14-16H,5-6,10-13H2,1-4H3,(H2,21,22,23). The van der Waals surface area contributed by atoms with Gasteiger partial charge in [-0.1, -0.05) is 12.1 Å². The monoisotopic (exact) mass is 356 g/mol. The molecule has 0 fully saturated rings. The lowest BCUT2D eigenvalue weighted by Gasteiger charge is -2.24. The SMILES string of the molecule is CCNC(=NCCc1cnn(C)c1)NCCN(CC)c1cccc(C)c1. The molecule has 6 heteroatoms. The summed E-state index contributed by atoms with van der Waals surface area (Å²) in [5, 5.41) is 10.9. The molecule has 0 saturated carbocycles. The van der Waals surface area contributed by atoms with Crippen molar-refractivity contribution in [2.24, 2.45) is 12.0 Å². The summed E-state index contributed by atoms with van der Waals surface area (Å²) >= 11 is 0. The second-order valence-electron chi connectivity index (χ2n) is 6.38. The Bertz CT molecular complexity index is 691. The van der Waals surface area contributed by atoms with Crippen molar-refractivity contribution < 1.29 is 0 Å². The molecule has 1 aromatic carbocycles. The van der Waals surface area contributed by atoms with E-state index < -0.39 is 0 Å². The minimum Gasteiger partial charge on any atom is -0.370 e. The maximum Gasteiger partial charge on any atom is 0.191 e. The second-order valence-corrected chi connectivity index (χ2v) is 6.38. The van der Waals surface area contributed by atoms with Crippen molar-refractivity contribution in [2.75, 3.05) is 37.6 Å². The number of aliphatic imine (C=N–C) groups is 1. The molecule has 0 unspecified atom stereocenters. The molecule has 1 heterocycles. The fourth-order valence-electron chi connectivity index (χ4n) is 2.84. The first kappa shape index (κ1) is 19.8. The van der Waals surface area contributed by atoms with E-state index in [1.807, 2.05) is 24.1 Å². The molecule has 0 aliphatic rings. The third-order valence-electron chi connectivity index (χ3n) is 4.20. The lowest BCUT2D eigenvalue weighted by atomic mass is 10.2. The van der Waals surface area contributed by atoms with Crippen LogP contribution < -0.4 is 15.5 Å². The van der Waals surface area contributed by atoms with Crippen molar-refractivity contribution in [3.63, 3.8) is 0 Å². The number of nitrogens with zero attached hydrogens (tertiary/aromatic N) is 4. The number of likely N-dealkylation sites (N-methyl/N-ethyl adjacent to an activating group) is 1. The van der Waals surface area contributed by atoms with Crippen LogP contribution in [0.1, 0.15) is 25.0 Å². The van der Waals surface area contributed by atoms with Crippen molar-refractivity contribution in [1.29, 1.82) is 0 Å². The smallest absolute Gasteiger partial charge is 0.191 e. The van der Waals surface area contributed by atoms with Crippen molar-refractivity contribution in [2.45, 2.75) is 27.2 Å². The summed E-state index contributed by atoms with van der Waals surface area (Å²) in [5.74, 6) is 0.872. The zero-order valence-electron chi connectivity index (χ0n) is 16.5. The van der Waals surface area contributed by atoms with Gasteiger partial charge in [-0.15, -0.1) is 0 Å². The van der Waals surface area contributed by atoms with Crippen LogP contribution in [0.15, 0.2) is 41.7 Å². The summed E-state index contributed by atoms with van der Waals surface area (Å²) in [5.41, 5.74) is 3.77. The van der Waals surface area contributed by atoms with Gasteiger partial charge in [0.2, 0.25) is 0 Å². The van der Waals surface area contributed by atoms with E-state index in [4.69, 9.17) is 0 Å². The van der Waals surface area contributed by atoms with E-state index in [1.54, 1.807) is 0 Å². The van der Waals surface area contributed by atoms with Gasteiger partial charge in [0.1, 0.15) is 0 Å². The highest BCUT2D eigenvalue weighted by Gasteiger charge is 2.05. The van der Waals surface area contributed by atoms with Crippen molar-refractivity contribution >= 4 is 11.6 Å². The Morgan fingerprint density at radius 2 is 2.12 bits per heavy atom. The van der Waals surface area contributed by atoms with Gasteiger partial charge in [-0.05, 0) is 50.5 Å². The summed E-state index contributed by atoms with van der Waals surface area (Å²) in [4.78, 5) is 7.04. The largest absolute Gasteiger partial charge is 0.370 e. The Balaban J connectivity index is 1.83. The first-order valence-corrected chi connectivity index (χ1v) is 9.43. The van der Waals surface area contributed by atoms with Gasteiger partial charge in [0, 0.05) is 51.7 Å². The van der Waals surface area contributed by atoms with Crippen LogP contribution in [0.25, 0.3) is 0 Å². The molecule has 0 spiro atoms. The molecule has 1 aromatic heterocycles. The molecule has 2 N–H and O–H groups in total. The predicted molar refractivity (Wildman–Crippen MR) is 110 cm³/mol. The van der Waals surface area contributed by atoms with Gasteiger partial charge < -0.3 is 15.5 Å². The average molecular weight is 357 g/mol. The molecule has 6 nitrogen and oxygen atoms in total. The van der Waals surface area contributed by atoms with Crippen LogP contribution in [0.5, 0.6) is 0 Å². The highest BCUT2D eigenvalue weighted by atomic mass is 15.2. The quantitative estimate of drug-likeness (QED) is 0.535. The van der Waals surface area contributed by atoms with Crippen LogP contribution in [0.4, 0.5) is 5.69 Å². The molecule has 0 aliphatic heterocycles. The van der Waals surface area contributed by atoms with Gasteiger partial charge in [0.15, 0.2) is 5.96 Å². The van der Waals surface area contributed by atoms with Crippen molar-refractivity contribution in [1.82, 2.24) is 20.4 Å². The fraction of sp³-hybridized carbons (Fsp3) is 0.500. The molecule has 142 valence electrons. The number of guanidine groups is 1. The average Bonchev–Trinajstić information content (AvgIpc) is 3.04. The molecule has 26 heavy (non-hydrogen) atoms. The molecular formula is C20H32N6. The molecule has 2 aromatic rings. The predicted octanol–water partition coefficient (Wildman–Crippen LogP) is 2.35. The number of hydrogen-bond donors (Lipinski definition) is 2.